The van der Waals surface area contributed by atoms with Gasteiger partial charge >= 0.3 is 0 Å². The highest BCUT2D eigenvalue weighted by Crippen LogP contribution is 2.40. The van der Waals surface area contributed by atoms with Crippen LogP contribution in [-0.4, -0.2) is 45.9 Å². The van der Waals surface area contributed by atoms with Crippen LogP contribution in [0.3, 0.4) is 0 Å². The average molecular weight is 447 g/mol. The fourth-order valence-electron chi connectivity index (χ4n) is 3.42. The Morgan fingerprint density at radius 3 is 2.34 bits per heavy atom. The minimum Gasteiger partial charge on any atom is -0.408 e. The number of halogens is 1. The number of benzene rings is 1. The second-order valence-electron chi connectivity index (χ2n) is 9.59. The largest absolute Gasteiger partial charge is 0.408 e. The highest BCUT2D eigenvalue weighted by molar-refractivity contribution is 7.85. The third-order valence-electron chi connectivity index (χ3n) is 6.14. The normalized spacial score (nSPS) is 25.0. The van der Waals surface area contributed by atoms with Gasteiger partial charge in [-0.15, -0.1) is 0 Å². The fraction of sp³-hybridized carbons (Fsp3) is 0.714. The van der Waals surface area contributed by atoms with Crippen molar-refractivity contribution in [2.24, 2.45) is 5.92 Å². The minimum atomic E-state index is -4.08. The Bertz CT molecular complexity index is 748. The van der Waals surface area contributed by atoms with Crippen LogP contribution in [-0.2, 0) is 19.3 Å². The van der Waals surface area contributed by atoms with Crippen LogP contribution in [0, 0.1) is 5.92 Å². The molecule has 0 bridgehead atoms. The van der Waals surface area contributed by atoms with Gasteiger partial charge in [0, 0.05) is 0 Å². The second kappa shape index (κ2) is 9.56. The van der Waals surface area contributed by atoms with Gasteiger partial charge in [0.15, 0.2) is 8.32 Å². The molecule has 0 spiro atoms. The Morgan fingerprint density at radius 1 is 1.21 bits per heavy atom. The molecule has 0 aromatic heterocycles. The summed E-state index contributed by atoms with van der Waals surface area (Å²) < 4.78 is 58.3. The van der Waals surface area contributed by atoms with Crippen molar-refractivity contribution in [1.29, 1.82) is 0 Å². The van der Waals surface area contributed by atoms with Gasteiger partial charge in [0.25, 0.3) is 10.1 Å². The molecule has 1 aliphatic carbocycles. The summed E-state index contributed by atoms with van der Waals surface area (Å²) in [5.41, 5.74) is 1.01. The number of rotatable bonds is 8. The van der Waals surface area contributed by atoms with E-state index in [0.717, 1.165) is 5.56 Å². The van der Waals surface area contributed by atoms with E-state index in [2.05, 4.69) is 33.9 Å². The second-order valence-corrected chi connectivity index (χ2v) is 15.8. The molecule has 2 rings (SSSR count). The van der Waals surface area contributed by atoms with E-state index in [4.69, 9.17) is 13.7 Å². The van der Waals surface area contributed by atoms with Crippen molar-refractivity contribution in [2.75, 3.05) is 12.4 Å². The van der Waals surface area contributed by atoms with Gasteiger partial charge in [0.2, 0.25) is 0 Å². The molecule has 4 atom stereocenters. The summed E-state index contributed by atoms with van der Waals surface area (Å²) in [6.45, 7) is 11.1. The highest BCUT2D eigenvalue weighted by atomic mass is 32.2. The highest BCUT2D eigenvalue weighted by Gasteiger charge is 2.40. The molecule has 29 heavy (non-hydrogen) atoms. The molecule has 0 amide bonds. The Balaban J connectivity index is 2.03. The van der Waals surface area contributed by atoms with E-state index in [-0.39, 0.29) is 35.8 Å². The van der Waals surface area contributed by atoms with E-state index in [9.17, 15) is 12.8 Å². The molecule has 0 saturated heterocycles. The molecule has 1 aliphatic rings. The van der Waals surface area contributed by atoms with E-state index < -0.39 is 30.7 Å². The van der Waals surface area contributed by atoms with Gasteiger partial charge in [-0.05, 0) is 48.9 Å². The lowest BCUT2D eigenvalue weighted by Gasteiger charge is -2.40. The fourth-order valence-corrected chi connectivity index (χ4v) is 5.58. The number of hydrogen-bond donors (Lipinski definition) is 1. The first-order chi connectivity index (χ1) is 13.3. The summed E-state index contributed by atoms with van der Waals surface area (Å²) in [5.74, 6) is -0.755. The van der Waals surface area contributed by atoms with E-state index in [0.29, 0.717) is 12.8 Å². The summed E-state index contributed by atoms with van der Waals surface area (Å²) in [4.78, 5) is 0. The predicted octanol–water partition coefficient (Wildman–Crippen LogP) is 5.16. The van der Waals surface area contributed by atoms with Crippen LogP contribution in [0.5, 0.6) is 0 Å². The predicted molar refractivity (Wildman–Crippen MR) is 116 cm³/mol. The zero-order chi connectivity index (χ0) is 21.9. The first-order valence-electron chi connectivity index (χ1n) is 10.2. The molecular weight excluding hydrogens is 411 g/mol. The monoisotopic (exact) mass is 446 g/mol. The lowest BCUT2D eigenvalue weighted by Crippen LogP contribution is -2.43. The molecule has 0 heterocycles. The van der Waals surface area contributed by atoms with Crippen LogP contribution in [0.2, 0.25) is 18.1 Å². The standard InChI is InChI=1S/C21H35FO5SSi/c1-21(2,3)29(4,5)27-20(17-9-7-6-8-10-17)14-26-19-12-11-16(13-18(19)22)15-28(23,24)25/h6-10,16,18-20H,11-15H2,1-5H3,(H,23,24,25). The van der Waals surface area contributed by atoms with Gasteiger partial charge in [-0.1, -0.05) is 51.1 Å². The van der Waals surface area contributed by atoms with Crippen molar-refractivity contribution >= 4 is 18.4 Å². The van der Waals surface area contributed by atoms with Crippen molar-refractivity contribution in [3.63, 3.8) is 0 Å². The van der Waals surface area contributed by atoms with Gasteiger partial charge < -0.3 is 9.16 Å². The molecule has 4 unspecified atom stereocenters. The third kappa shape index (κ3) is 7.43. The first kappa shape index (κ1) is 24.5. The quantitative estimate of drug-likeness (QED) is 0.441. The van der Waals surface area contributed by atoms with Crippen molar-refractivity contribution < 1.29 is 26.5 Å². The van der Waals surface area contributed by atoms with Crippen LogP contribution < -0.4 is 0 Å². The van der Waals surface area contributed by atoms with Crippen molar-refractivity contribution in [3.05, 3.63) is 35.9 Å². The summed E-state index contributed by atoms with van der Waals surface area (Å²) in [6.07, 6.45) is -1.07. The number of hydrogen-bond acceptors (Lipinski definition) is 4. The minimum absolute atomic E-state index is 0.0382. The van der Waals surface area contributed by atoms with Crippen LogP contribution >= 0.6 is 0 Å². The Hall–Kier alpha value is -0.803. The molecular formula is C21H35FO5SSi. The molecule has 1 N–H and O–H groups in total. The SMILES string of the molecule is CC(C)(C)[Si](C)(C)OC(COC1CCC(CS(=O)(=O)O)CC1F)c1ccccc1. The van der Waals surface area contributed by atoms with Crippen molar-refractivity contribution in [1.82, 2.24) is 0 Å². The average Bonchev–Trinajstić information content (AvgIpc) is 2.58. The molecule has 1 saturated carbocycles. The molecule has 166 valence electrons. The number of ether oxygens (including phenoxy) is 1. The summed E-state index contributed by atoms with van der Waals surface area (Å²) >= 11 is 0. The summed E-state index contributed by atoms with van der Waals surface area (Å²) in [6, 6.07) is 9.85. The molecule has 1 aromatic carbocycles. The van der Waals surface area contributed by atoms with Crippen LogP contribution in [0.1, 0.15) is 51.7 Å². The van der Waals surface area contributed by atoms with Crippen molar-refractivity contribution in [2.45, 2.75) is 76.5 Å². The van der Waals surface area contributed by atoms with Gasteiger partial charge in [-0.2, -0.15) is 8.42 Å². The van der Waals surface area contributed by atoms with Crippen LogP contribution in [0.4, 0.5) is 4.39 Å². The summed E-state index contributed by atoms with van der Waals surface area (Å²) in [7, 11) is -6.14. The maximum atomic E-state index is 14.6. The van der Waals surface area contributed by atoms with Crippen molar-refractivity contribution in [3.8, 4) is 0 Å². The zero-order valence-corrected chi connectivity index (χ0v) is 19.9. The maximum absolute atomic E-state index is 14.6. The topological polar surface area (TPSA) is 72.8 Å². The Morgan fingerprint density at radius 2 is 1.83 bits per heavy atom. The molecule has 0 radical (unpaired) electrons. The molecule has 1 fully saturated rings. The Kier molecular flexibility index (Phi) is 8.06. The lowest BCUT2D eigenvalue weighted by atomic mass is 9.87. The third-order valence-corrected chi connectivity index (χ3v) is 11.5. The van der Waals surface area contributed by atoms with Gasteiger partial charge in [0.05, 0.1) is 24.6 Å². The summed E-state index contributed by atoms with van der Waals surface area (Å²) in [5, 5.41) is 0.0382. The zero-order valence-electron chi connectivity index (χ0n) is 18.1. The Labute approximate surface area is 175 Å². The molecule has 5 nitrogen and oxygen atoms in total. The van der Waals surface area contributed by atoms with E-state index in [1.54, 1.807) is 0 Å². The van der Waals surface area contributed by atoms with E-state index in [1.165, 1.54) is 0 Å². The van der Waals surface area contributed by atoms with Crippen LogP contribution in [0.15, 0.2) is 30.3 Å². The number of alkyl halides is 1. The van der Waals surface area contributed by atoms with Gasteiger partial charge in [-0.25, -0.2) is 4.39 Å². The smallest absolute Gasteiger partial charge is 0.265 e. The van der Waals surface area contributed by atoms with Gasteiger partial charge in [-0.3, -0.25) is 4.55 Å². The van der Waals surface area contributed by atoms with Gasteiger partial charge in [0.1, 0.15) is 6.17 Å². The molecule has 0 aliphatic heterocycles. The maximum Gasteiger partial charge on any atom is 0.265 e. The van der Waals surface area contributed by atoms with E-state index >= 15 is 0 Å². The lowest BCUT2D eigenvalue weighted by molar-refractivity contribution is -0.0627. The molecule has 1 aromatic rings. The molecule has 8 heteroatoms. The first-order valence-corrected chi connectivity index (χ1v) is 14.7. The van der Waals surface area contributed by atoms with Crippen LogP contribution in [0.25, 0.3) is 0 Å². The van der Waals surface area contributed by atoms with E-state index in [1.807, 2.05) is 30.3 Å².